The van der Waals surface area contributed by atoms with Gasteiger partial charge in [-0.05, 0) is 6.07 Å². The van der Waals surface area contributed by atoms with E-state index in [0.29, 0.717) is 6.42 Å². The number of benzene rings is 1. The van der Waals surface area contributed by atoms with Crippen LogP contribution in [0, 0.1) is 6.07 Å². The molecule has 1 saturated heterocycles. The van der Waals surface area contributed by atoms with Crippen LogP contribution in [-0.2, 0) is 4.74 Å². The first-order valence-electron chi connectivity index (χ1n) is 5.57. The summed E-state index contributed by atoms with van der Waals surface area (Å²) in [5, 5.41) is 18.8. The van der Waals surface area contributed by atoms with Crippen LogP contribution in [0.2, 0.25) is 0 Å². The van der Waals surface area contributed by atoms with Gasteiger partial charge in [-0.1, -0.05) is 12.1 Å². The van der Waals surface area contributed by atoms with Crippen LogP contribution in [-0.4, -0.2) is 38.6 Å². The van der Waals surface area contributed by atoms with Gasteiger partial charge in [-0.25, -0.2) is 4.98 Å². The van der Waals surface area contributed by atoms with Crippen LogP contribution in [0.4, 0.5) is 0 Å². The quantitative estimate of drug-likeness (QED) is 0.791. The Hall–Kier alpha value is -1.43. The zero-order valence-corrected chi connectivity index (χ0v) is 9.15. The van der Waals surface area contributed by atoms with Crippen molar-refractivity contribution in [3.8, 4) is 0 Å². The van der Waals surface area contributed by atoms with Gasteiger partial charge in [0, 0.05) is 12.5 Å². The van der Waals surface area contributed by atoms with Crippen molar-refractivity contribution in [3.63, 3.8) is 0 Å². The third kappa shape index (κ3) is 1.72. The third-order valence-corrected chi connectivity index (χ3v) is 3.10. The highest BCUT2D eigenvalue weighted by Gasteiger charge is 2.34. The molecule has 0 saturated carbocycles. The zero-order chi connectivity index (χ0) is 11.8. The minimum Gasteiger partial charge on any atom is -0.394 e. The number of imidazole rings is 1. The zero-order valence-electron chi connectivity index (χ0n) is 9.15. The maximum Gasteiger partial charge on any atom is 0.138 e. The van der Waals surface area contributed by atoms with E-state index >= 15 is 0 Å². The summed E-state index contributed by atoms with van der Waals surface area (Å²) >= 11 is 0. The van der Waals surface area contributed by atoms with Crippen LogP contribution in [0.1, 0.15) is 12.6 Å². The van der Waals surface area contributed by atoms with Crippen LogP contribution in [0.5, 0.6) is 0 Å². The first-order chi connectivity index (χ1) is 8.29. The number of aromatic nitrogens is 2. The fourth-order valence-corrected chi connectivity index (χ4v) is 2.19. The number of rotatable bonds is 2. The van der Waals surface area contributed by atoms with E-state index in [1.807, 2.05) is 16.7 Å². The molecular formula is C12H13N2O3. The van der Waals surface area contributed by atoms with Crippen molar-refractivity contribution in [3.05, 3.63) is 30.6 Å². The Morgan fingerprint density at radius 3 is 3.24 bits per heavy atom. The lowest BCUT2D eigenvalue weighted by Gasteiger charge is -2.13. The molecule has 0 amide bonds. The number of fused-ring (bicyclic) bond motifs is 1. The summed E-state index contributed by atoms with van der Waals surface area (Å²) in [6.45, 7) is -0.170. The van der Waals surface area contributed by atoms with Gasteiger partial charge in [-0.15, -0.1) is 0 Å². The van der Waals surface area contributed by atoms with E-state index in [0.717, 1.165) is 11.0 Å². The summed E-state index contributed by atoms with van der Waals surface area (Å²) in [4.78, 5) is 4.22. The van der Waals surface area contributed by atoms with E-state index in [2.05, 4.69) is 11.1 Å². The van der Waals surface area contributed by atoms with Crippen molar-refractivity contribution in [2.24, 2.45) is 0 Å². The smallest absolute Gasteiger partial charge is 0.138 e. The Kier molecular flexibility index (Phi) is 2.58. The standard InChI is InChI=1S/C12H13N2O3/c15-6-11-10(16)5-12(17-11)14-7-13-8-3-1-2-4-9(8)14/h1-2,4,7,10-12,15-16H,5-6H2. The molecule has 0 aliphatic carbocycles. The first kappa shape index (κ1) is 10.7. The molecule has 2 aromatic rings. The third-order valence-electron chi connectivity index (χ3n) is 3.10. The molecule has 1 radical (unpaired) electrons. The lowest BCUT2D eigenvalue weighted by atomic mass is 10.2. The molecule has 1 aromatic heterocycles. The average Bonchev–Trinajstić information content (AvgIpc) is 2.92. The van der Waals surface area contributed by atoms with Gasteiger partial charge < -0.3 is 19.5 Å². The fourth-order valence-electron chi connectivity index (χ4n) is 2.19. The lowest BCUT2D eigenvalue weighted by molar-refractivity contribution is -0.0430. The molecule has 0 spiro atoms. The highest BCUT2D eigenvalue weighted by atomic mass is 16.5. The van der Waals surface area contributed by atoms with Crippen molar-refractivity contribution in [2.45, 2.75) is 24.9 Å². The van der Waals surface area contributed by atoms with Crippen molar-refractivity contribution < 1.29 is 14.9 Å². The lowest BCUT2D eigenvalue weighted by Crippen LogP contribution is -2.24. The molecule has 3 atom stereocenters. The van der Waals surface area contributed by atoms with Gasteiger partial charge in [-0.3, -0.25) is 0 Å². The number of para-hydroxylation sites is 1. The summed E-state index contributed by atoms with van der Waals surface area (Å²) in [6.07, 6.45) is 0.729. The molecule has 3 rings (SSSR count). The molecule has 1 aromatic carbocycles. The molecule has 3 unspecified atom stereocenters. The van der Waals surface area contributed by atoms with Crippen molar-refractivity contribution in [1.82, 2.24) is 9.55 Å². The van der Waals surface area contributed by atoms with E-state index in [-0.39, 0.29) is 12.8 Å². The van der Waals surface area contributed by atoms with Crippen LogP contribution in [0.3, 0.4) is 0 Å². The van der Waals surface area contributed by atoms with Crippen LogP contribution in [0.15, 0.2) is 24.5 Å². The van der Waals surface area contributed by atoms with Gasteiger partial charge in [0.25, 0.3) is 0 Å². The van der Waals surface area contributed by atoms with Crippen molar-refractivity contribution >= 4 is 11.0 Å². The van der Waals surface area contributed by atoms with E-state index < -0.39 is 12.2 Å². The fraction of sp³-hybridized carbons (Fsp3) is 0.417. The molecule has 1 aliphatic rings. The molecular weight excluding hydrogens is 220 g/mol. The summed E-state index contributed by atoms with van der Waals surface area (Å²) in [5.41, 5.74) is 1.70. The van der Waals surface area contributed by atoms with Gasteiger partial charge in [0.15, 0.2) is 0 Å². The van der Waals surface area contributed by atoms with E-state index in [1.165, 1.54) is 0 Å². The van der Waals surface area contributed by atoms with E-state index in [9.17, 15) is 5.11 Å². The topological polar surface area (TPSA) is 67.5 Å². The average molecular weight is 233 g/mol. The van der Waals surface area contributed by atoms with Crippen LogP contribution < -0.4 is 0 Å². The minimum absolute atomic E-state index is 0.170. The maximum absolute atomic E-state index is 9.70. The Morgan fingerprint density at radius 2 is 2.47 bits per heavy atom. The summed E-state index contributed by atoms with van der Waals surface area (Å²) in [6, 6.07) is 8.65. The normalized spacial score (nSPS) is 28.9. The minimum atomic E-state index is -0.629. The number of aliphatic hydroxyl groups excluding tert-OH is 2. The number of hydrogen-bond acceptors (Lipinski definition) is 4. The number of nitrogens with zero attached hydrogens (tertiary/aromatic N) is 2. The maximum atomic E-state index is 9.70. The molecule has 17 heavy (non-hydrogen) atoms. The predicted octanol–water partition coefficient (Wildman–Crippen LogP) is 0.477. The molecule has 89 valence electrons. The Balaban J connectivity index is 1.95. The molecule has 1 aliphatic heterocycles. The molecule has 2 N–H and O–H groups in total. The second kappa shape index (κ2) is 4.10. The summed E-state index contributed by atoms with van der Waals surface area (Å²) in [7, 11) is 0. The second-order valence-electron chi connectivity index (χ2n) is 4.17. The monoisotopic (exact) mass is 233 g/mol. The van der Waals surface area contributed by atoms with Gasteiger partial charge in [0.1, 0.15) is 12.3 Å². The van der Waals surface area contributed by atoms with E-state index in [1.54, 1.807) is 12.4 Å². The predicted molar refractivity (Wildman–Crippen MR) is 60.2 cm³/mol. The largest absolute Gasteiger partial charge is 0.394 e. The van der Waals surface area contributed by atoms with Gasteiger partial charge >= 0.3 is 0 Å². The number of aliphatic hydroxyl groups is 2. The van der Waals surface area contributed by atoms with Crippen LogP contribution in [0.25, 0.3) is 11.0 Å². The van der Waals surface area contributed by atoms with Gasteiger partial charge in [-0.2, -0.15) is 0 Å². The summed E-state index contributed by atoms with van der Waals surface area (Å²) < 4.78 is 7.45. The van der Waals surface area contributed by atoms with Gasteiger partial charge in [0.05, 0.1) is 30.1 Å². The highest BCUT2D eigenvalue weighted by molar-refractivity contribution is 5.74. The van der Waals surface area contributed by atoms with Crippen molar-refractivity contribution in [2.75, 3.05) is 6.61 Å². The molecule has 2 heterocycles. The number of hydrogen-bond donors (Lipinski definition) is 2. The van der Waals surface area contributed by atoms with Crippen molar-refractivity contribution in [1.29, 1.82) is 0 Å². The number of ether oxygens (including phenoxy) is 1. The first-order valence-corrected chi connectivity index (χ1v) is 5.57. The second-order valence-corrected chi connectivity index (χ2v) is 4.17. The Labute approximate surface area is 98.3 Å². The SMILES string of the molecule is OCC1OC(n2cnc3[c]cccc32)CC1O. The Bertz CT molecular complexity index is 525. The van der Waals surface area contributed by atoms with Crippen LogP contribution >= 0.6 is 0 Å². The molecule has 5 nitrogen and oxygen atoms in total. The van der Waals surface area contributed by atoms with E-state index in [4.69, 9.17) is 9.84 Å². The van der Waals surface area contributed by atoms with Gasteiger partial charge in [0.2, 0.25) is 0 Å². The molecule has 0 bridgehead atoms. The molecule has 5 heteroatoms. The summed E-state index contributed by atoms with van der Waals surface area (Å²) in [5.74, 6) is 0. The molecule has 1 fully saturated rings. The highest BCUT2D eigenvalue weighted by Crippen LogP contribution is 2.30. The Morgan fingerprint density at radius 1 is 1.59 bits per heavy atom.